The van der Waals surface area contributed by atoms with E-state index in [1.807, 2.05) is 13.8 Å². The first-order valence-corrected chi connectivity index (χ1v) is 5.82. The van der Waals surface area contributed by atoms with Crippen LogP contribution in [0.15, 0.2) is 16.8 Å². The van der Waals surface area contributed by atoms with Crippen molar-refractivity contribution in [2.24, 2.45) is 0 Å². The van der Waals surface area contributed by atoms with Gasteiger partial charge in [0.05, 0.1) is 12.1 Å². The maximum absolute atomic E-state index is 12.1. The second-order valence-corrected chi connectivity index (χ2v) is 4.14. The Hall–Kier alpha value is -2.11. The summed E-state index contributed by atoms with van der Waals surface area (Å²) in [5.41, 5.74) is 1.51. The molecular formula is C12H16N4O2. The molecule has 2 heterocycles. The van der Waals surface area contributed by atoms with E-state index < -0.39 is 0 Å². The van der Waals surface area contributed by atoms with E-state index in [9.17, 15) is 4.79 Å². The Morgan fingerprint density at radius 1 is 1.56 bits per heavy atom. The van der Waals surface area contributed by atoms with Crippen molar-refractivity contribution in [1.82, 2.24) is 20.0 Å². The average Bonchev–Trinajstić information content (AvgIpc) is 2.97. The quantitative estimate of drug-likeness (QED) is 0.890. The first-order valence-electron chi connectivity index (χ1n) is 5.82. The number of rotatable bonds is 4. The number of amides is 1. The lowest BCUT2D eigenvalue weighted by Crippen LogP contribution is -2.26. The van der Waals surface area contributed by atoms with Crippen LogP contribution in [0, 0.1) is 6.92 Å². The van der Waals surface area contributed by atoms with Gasteiger partial charge in [-0.15, -0.1) is 0 Å². The lowest BCUT2D eigenvalue weighted by atomic mass is 10.2. The molecule has 0 radical (unpaired) electrons. The van der Waals surface area contributed by atoms with Crippen LogP contribution in [-0.2, 0) is 13.0 Å². The molecule has 0 saturated heterocycles. The molecular weight excluding hydrogens is 232 g/mol. The van der Waals surface area contributed by atoms with E-state index in [4.69, 9.17) is 4.52 Å². The summed E-state index contributed by atoms with van der Waals surface area (Å²) in [6.07, 6.45) is 2.47. The fourth-order valence-corrected chi connectivity index (χ4v) is 1.66. The van der Waals surface area contributed by atoms with Gasteiger partial charge in [-0.3, -0.25) is 4.79 Å². The van der Waals surface area contributed by atoms with Crippen LogP contribution in [-0.4, -0.2) is 33.0 Å². The second-order valence-electron chi connectivity index (χ2n) is 4.14. The summed E-state index contributed by atoms with van der Waals surface area (Å²) in [4.78, 5) is 20.8. The van der Waals surface area contributed by atoms with Gasteiger partial charge in [-0.25, -0.2) is 0 Å². The van der Waals surface area contributed by atoms with Crippen molar-refractivity contribution in [3.05, 3.63) is 35.2 Å². The summed E-state index contributed by atoms with van der Waals surface area (Å²) in [5, 5.41) is 3.80. The fraction of sp³-hybridized carbons (Fsp3) is 0.417. The zero-order valence-electron chi connectivity index (χ0n) is 10.7. The molecule has 18 heavy (non-hydrogen) atoms. The van der Waals surface area contributed by atoms with Crippen molar-refractivity contribution >= 4 is 5.91 Å². The van der Waals surface area contributed by atoms with Crippen molar-refractivity contribution in [1.29, 1.82) is 0 Å². The predicted octanol–water partition coefficient (Wildman–Crippen LogP) is 1.54. The smallest absolute Gasteiger partial charge is 0.255 e. The molecule has 2 aromatic heterocycles. The number of H-pyrrole nitrogens is 1. The number of nitrogens with zero attached hydrogens (tertiary/aromatic N) is 3. The van der Waals surface area contributed by atoms with Gasteiger partial charge < -0.3 is 14.4 Å². The van der Waals surface area contributed by atoms with E-state index in [0.717, 1.165) is 12.1 Å². The van der Waals surface area contributed by atoms with Gasteiger partial charge in [-0.2, -0.15) is 4.98 Å². The minimum atomic E-state index is -0.0648. The molecule has 2 rings (SSSR count). The highest BCUT2D eigenvalue weighted by molar-refractivity contribution is 5.95. The van der Waals surface area contributed by atoms with Crippen molar-refractivity contribution in [2.45, 2.75) is 26.8 Å². The summed E-state index contributed by atoms with van der Waals surface area (Å²) >= 11 is 0. The van der Waals surface area contributed by atoms with Crippen LogP contribution in [0.4, 0.5) is 0 Å². The molecule has 96 valence electrons. The van der Waals surface area contributed by atoms with E-state index >= 15 is 0 Å². The van der Waals surface area contributed by atoms with Crippen LogP contribution in [0.3, 0.4) is 0 Å². The third kappa shape index (κ3) is 2.42. The van der Waals surface area contributed by atoms with Crippen molar-refractivity contribution in [3.8, 4) is 0 Å². The minimum absolute atomic E-state index is 0.0648. The predicted molar refractivity (Wildman–Crippen MR) is 65.0 cm³/mol. The molecule has 0 aliphatic rings. The van der Waals surface area contributed by atoms with E-state index in [2.05, 4.69) is 15.1 Å². The Morgan fingerprint density at radius 3 is 2.89 bits per heavy atom. The number of aromatic amines is 1. The van der Waals surface area contributed by atoms with Crippen LogP contribution >= 0.6 is 0 Å². The third-order valence-electron chi connectivity index (χ3n) is 2.73. The van der Waals surface area contributed by atoms with Crippen molar-refractivity contribution < 1.29 is 9.32 Å². The van der Waals surface area contributed by atoms with Gasteiger partial charge in [-0.1, -0.05) is 12.1 Å². The number of carbonyl (C=O) groups is 1. The Kier molecular flexibility index (Phi) is 3.45. The maximum Gasteiger partial charge on any atom is 0.255 e. The molecule has 0 aliphatic heterocycles. The average molecular weight is 248 g/mol. The van der Waals surface area contributed by atoms with Crippen molar-refractivity contribution in [3.63, 3.8) is 0 Å². The molecule has 0 saturated carbocycles. The Labute approximate surface area is 105 Å². The van der Waals surface area contributed by atoms with Gasteiger partial charge in [0.1, 0.15) is 0 Å². The molecule has 2 aromatic rings. The zero-order chi connectivity index (χ0) is 13.1. The second kappa shape index (κ2) is 5.03. The Bertz CT molecular complexity index is 544. The normalized spacial score (nSPS) is 10.6. The Balaban J connectivity index is 2.06. The number of carbonyl (C=O) groups excluding carboxylic acids is 1. The molecule has 0 aliphatic carbocycles. The van der Waals surface area contributed by atoms with Crippen molar-refractivity contribution in [2.75, 3.05) is 7.05 Å². The topological polar surface area (TPSA) is 75.0 Å². The number of aryl methyl sites for hydroxylation is 2. The molecule has 0 spiro atoms. The minimum Gasteiger partial charge on any atom is -0.365 e. The summed E-state index contributed by atoms with van der Waals surface area (Å²) in [6, 6.07) is 1.76. The highest BCUT2D eigenvalue weighted by Gasteiger charge is 2.17. The van der Waals surface area contributed by atoms with Gasteiger partial charge in [0.15, 0.2) is 5.82 Å². The van der Waals surface area contributed by atoms with Gasteiger partial charge in [-0.05, 0) is 13.0 Å². The molecule has 1 amide bonds. The molecule has 1 N–H and O–H groups in total. The van der Waals surface area contributed by atoms with E-state index in [1.54, 1.807) is 24.2 Å². The summed E-state index contributed by atoms with van der Waals surface area (Å²) < 4.78 is 5.06. The van der Waals surface area contributed by atoms with Crippen LogP contribution in [0.5, 0.6) is 0 Å². The van der Waals surface area contributed by atoms with E-state index in [-0.39, 0.29) is 5.91 Å². The van der Waals surface area contributed by atoms with Crippen LogP contribution in [0.25, 0.3) is 0 Å². The van der Waals surface area contributed by atoms with Gasteiger partial charge >= 0.3 is 0 Å². The van der Waals surface area contributed by atoms with E-state index in [1.165, 1.54) is 0 Å². The standard InChI is InChI=1S/C12H16N4O2/c1-4-10-14-11(18-15-10)7-16(3)12(17)9-5-6-13-8(9)2/h5-6,13H,4,7H2,1-3H3. The van der Waals surface area contributed by atoms with Crippen LogP contribution in [0.2, 0.25) is 0 Å². The molecule has 0 aromatic carbocycles. The lowest BCUT2D eigenvalue weighted by molar-refractivity contribution is 0.0769. The highest BCUT2D eigenvalue weighted by atomic mass is 16.5. The number of hydrogen-bond acceptors (Lipinski definition) is 4. The summed E-state index contributed by atoms with van der Waals surface area (Å²) in [5.74, 6) is 1.05. The number of aromatic nitrogens is 3. The first-order chi connectivity index (χ1) is 8.61. The molecule has 0 atom stereocenters. The van der Waals surface area contributed by atoms with Crippen LogP contribution in [0.1, 0.15) is 34.7 Å². The fourth-order valence-electron chi connectivity index (χ4n) is 1.66. The first kappa shape index (κ1) is 12.3. The highest BCUT2D eigenvalue weighted by Crippen LogP contribution is 2.10. The summed E-state index contributed by atoms with van der Waals surface area (Å²) in [7, 11) is 1.71. The third-order valence-corrected chi connectivity index (χ3v) is 2.73. The maximum atomic E-state index is 12.1. The van der Waals surface area contributed by atoms with Gasteiger partial charge in [0, 0.05) is 25.4 Å². The lowest BCUT2D eigenvalue weighted by Gasteiger charge is -2.14. The number of nitrogens with one attached hydrogen (secondary N) is 1. The SMILES string of the molecule is CCc1noc(CN(C)C(=O)c2cc[nH]c2C)n1. The van der Waals surface area contributed by atoms with Gasteiger partial charge in [0.25, 0.3) is 5.91 Å². The van der Waals surface area contributed by atoms with Crippen LogP contribution < -0.4 is 0 Å². The monoisotopic (exact) mass is 248 g/mol. The molecule has 6 heteroatoms. The van der Waals surface area contributed by atoms with E-state index in [0.29, 0.717) is 23.8 Å². The largest absolute Gasteiger partial charge is 0.365 e. The van der Waals surface area contributed by atoms with Gasteiger partial charge in [0.2, 0.25) is 5.89 Å². The zero-order valence-corrected chi connectivity index (χ0v) is 10.7. The number of hydrogen-bond donors (Lipinski definition) is 1. The molecule has 6 nitrogen and oxygen atoms in total. The molecule has 0 bridgehead atoms. The molecule has 0 unspecified atom stereocenters. The Morgan fingerprint density at radius 2 is 2.33 bits per heavy atom. The summed E-state index contributed by atoms with van der Waals surface area (Å²) in [6.45, 7) is 4.13. The molecule has 0 fully saturated rings.